The van der Waals surface area contributed by atoms with Gasteiger partial charge in [-0.2, -0.15) is 0 Å². The van der Waals surface area contributed by atoms with E-state index in [2.05, 4.69) is 10.6 Å². The van der Waals surface area contributed by atoms with Crippen molar-refractivity contribution in [2.24, 2.45) is 0 Å². The summed E-state index contributed by atoms with van der Waals surface area (Å²) in [7, 11) is 1.52. The number of hydrogen-bond acceptors (Lipinski definition) is 5. The zero-order chi connectivity index (χ0) is 19.3. The third-order valence-corrected chi connectivity index (χ3v) is 5.00. The fourth-order valence-electron chi connectivity index (χ4n) is 2.44. The number of amides is 2. The molecular formula is C19H22N2O4S. The summed E-state index contributed by atoms with van der Waals surface area (Å²) in [5.74, 6) is -1.12. The van der Waals surface area contributed by atoms with Crippen LogP contribution in [0.15, 0.2) is 24.3 Å². The summed E-state index contributed by atoms with van der Waals surface area (Å²) in [6, 6.07) is 7.64. The summed E-state index contributed by atoms with van der Waals surface area (Å²) < 4.78 is 5.07. The minimum atomic E-state index is -0.554. The smallest absolute Gasteiger partial charge is 0.341 e. The van der Waals surface area contributed by atoms with E-state index in [1.165, 1.54) is 7.05 Å². The standard InChI is InChI=1S/C19H22N2O4S/c1-5-25-19(24)15-12(3)16(17(23)20-4)26-18(15)21-14(22)10-13-8-6-11(2)7-9-13/h6-9H,5,10H2,1-4H3,(H,20,23)(H,21,22). The van der Waals surface area contributed by atoms with Crippen molar-refractivity contribution in [2.45, 2.75) is 27.2 Å². The molecule has 0 fully saturated rings. The first kappa shape index (κ1) is 19.7. The summed E-state index contributed by atoms with van der Waals surface area (Å²) in [5, 5.41) is 5.62. The first-order valence-corrected chi connectivity index (χ1v) is 9.07. The molecule has 0 aliphatic carbocycles. The third kappa shape index (κ3) is 4.49. The fraction of sp³-hybridized carbons (Fsp3) is 0.316. The van der Waals surface area contributed by atoms with Crippen LogP contribution in [-0.4, -0.2) is 31.4 Å². The van der Waals surface area contributed by atoms with Crippen LogP contribution in [0.25, 0.3) is 0 Å². The molecule has 7 heteroatoms. The van der Waals surface area contributed by atoms with Gasteiger partial charge in [0.25, 0.3) is 5.91 Å². The third-order valence-electron chi connectivity index (χ3n) is 3.80. The summed E-state index contributed by atoms with van der Waals surface area (Å²) in [6.07, 6.45) is 0.175. The predicted octanol–water partition coefficient (Wildman–Crippen LogP) is 3.08. The van der Waals surface area contributed by atoms with Gasteiger partial charge < -0.3 is 15.4 Å². The number of rotatable bonds is 6. The summed E-state index contributed by atoms with van der Waals surface area (Å²) in [6.45, 7) is 5.56. The second-order valence-corrected chi connectivity index (χ2v) is 6.79. The Morgan fingerprint density at radius 3 is 2.35 bits per heavy atom. The molecule has 0 aliphatic rings. The number of esters is 1. The molecule has 1 heterocycles. The number of aryl methyl sites for hydroxylation is 1. The van der Waals surface area contributed by atoms with E-state index in [4.69, 9.17) is 4.74 Å². The second kappa shape index (κ2) is 8.62. The molecule has 1 aromatic carbocycles. The largest absolute Gasteiger partial charge is 0.462 e. The van der Waals surface area contributed by atoms with Gasteiger partial charge >= 0.3 is 5.97 Å². The number of thiophene rings is 1. The van der Waals surface area contributed by atoms with Crippen molar-refractivity contribution in [1.29, 1.82) is 0 Å². The predicted molar refractivity (Wildman–Crippen MR) is 102 cm³/mol. The maximum Gasteiger partial charge on any atom is 0.341 e. The van der Waals surface area contributed by atoms with Crippen molar-refractivity contribution in [3.8, 4) is 0 Å². The van der Waals surface area contributed by atoms with Crippen LogP contribution in [0.3, 0.4) is 0 Å². The Morgan fingerprint density at radius 2 is 1.77 bits per heavy atom. The molecule has 0 bridgehead atoms. The summed E-state index contributed by atoms with van der Waals surface area (Å²) >= 11 is 1.07. The highest BCUT2D eigenvalue weighted by Gasteiger charge is 2.26. The zero-order valence-electron chi connectivity index (χ0n) is 15.3. The van der Waals surface area contributed by atoms with E-state index in [1.807, 2.05) is 31.2 Å². The maximum atomic E-state index is 12.4. The SMILES string of the molecule is CCOC(=O)c1c(NC(=O)Cc2ccc(C)cc2)sc(C(=O)NC)c1C. The molecule has 2 rings (SSSR count). The number of carbonyl (C=O) groups excluding carboxylic acids is 3. The number of carbonyl (C=O) groups is 3. The lowest BCUT2D eigenvalue weighted by Gasteiger charge is -2.07. The molecule has 26 heavy (non-hydrogen) atoms. The van der Waals surface area contributed by atoms with Crippen LogP contribution < -0.4 is 10.6 Å². The van der Waals surface area contributed by atoms with E-state index in [1.54, 1.807) is 13.8 Å². The highest BCUT2D eigenvalue weighted by molar-refractivity contribution is 7.18. The van der Waals surface area contributed by atoms with Gasteiger partial charge in [0.2, 0.25) is 5.91 Å². The monoisotopic (exact) mass is 374 g/mol. The van der Waals surface area contributed by atoms with E-state index in [0.29, 0.717) is 15.4 Å². The topological polar surface area (TPSA) is 84.5 Å². The van der Waals surface area contributed by atoms with Crippen molar-refractivity contribution >= 4 is 34.1 Å². The van der Waals surface area contributed by atoms with E-state index >= 15 is 0 Å². The normalized spacial score (nSPS) is 10.3. The summed E-state index contributed by atoms with van der Waals surface area (Å²) in [4.78, 5) is 37.1. The lowest BCUT2D eigenvalue weighted by molar-refractivity contribution is -0.115. The molecule has 0 radical (unpaired) electrons. The van der Waals surface area contributed by atoms with E-state index in [0.717, 1.165) is 22.5 Å². The van der Waals surface area contributed by atoms with Crippen LogP contribution in [0.4, 0.5) is 5.00 Å². The molecule has 0 saturated heterocycles. The molecule has 0 atom stereocenters. The van der Waals surface area contributed by atoms with Gasteiger partial charge in [-0.1, -0.05) is 29.8 Å². The number of benzene rings is 1. The Balaban J connectivity index is 2.28. The molecule has 0 spiro atoms. The molecule has 0 aliphatic heterocycles. The van der Waals surface area contributed by atoms with Crippen molar-refractivity contribution in [1.82, 2.24) is 5.32 Å². The average molecular weight is 374 g/mol. The van der Waals surface area contributed by atoms with Crippen molar-refractivity contribution in [2.75, 3.05) is 19.0 Å². The van der Waals surface area contributed by atoms with E-state index in [-0.39, 0.29) is 30.4 Å². The molecular weight excluding hydrogens is 352 g/mol. The Kier molecular flexibility index (Phi) is 6.52. The first-order chi connectivity index (χ1) is 12.4. The van der Waals surface area contributed by atoms with Gasteiger partial charge in [0.15, 0.2) is 0 Å². The Labute approximate surface area is 156 Å². The lowest BCUT2D eigenvalue weighted by Crippen LogP contribution is -2.18. The van der Waals surface area contributed by atoms with Crippen LogP contribution in [-0.2, 0) is 16.0 Å². The molecule has 0 saturated carbocycles. The van der Waals surface area contributed by atoms with Gasteiger partial charge in [0.1, 0.15) is 5.00 Å². The van der Waals surface area contributed by atoms with Crippen LogP contribution in [0.1, 0.15) is 43.6 Å². The summed E-state index contributed by atoms with van der Waals surface area (Å²) in [5.41, 5.74) is 2.71. The molecule has 2 N–H and O–H groups in total. The molecule has 6 nitrogen and oxygen atoms in total. The molecule has 2 amide bonds. The highest BCUT2D eigenvalue weighted by atomic mass is 32.1. The Morgan fingerprint density at radius 1 is 1.12 bits per heavy atom. The van der Waals surface area contributed by atoms with Gasteiger partial charge in [-0.15, -0.1) is 11.3 Å². The van der Waals surface area contributed by atoms with Crippen LogP contribution in [0.5, 0.6) is 0 Å². The number of hydrogen-bond donors (Lipinski definition) is 2. The maximum absolute atomic E-state index is 12.4. The highest BCUT2D eigenvalue weighted by Crippen LogP contribution is 2.33. The number of ether oxygens (including phenoxy) is 1. The molecule has 2 aromatic rings. The van der Waals surface area contributed by atoms with Crippen molar-refractivity contribution < 1.29 is 19.1 Å². The second-order valence-electron chi connectivity index (χ2n) is 5.77. The van der Waals surface area contributed by atoms with Gasteiger partial charge in [0, 0.05) is 7.05 Å². The number of nitrogens with one attached hydrogen (secondary N) is 2. The van der Waals surface area contributed by atoms with Crippen molar-refractivity contribution in [3.05, 3.63) is 51.4 Å². The van der Waals surface area contributed by atoms with Crippen LogP contribution in [0.2, 0.25) is 0 Å². The first-order valence-electron chi connectivity index (χ1n) is 8.25. The minimum absolute atomic E-state index is 0.175. The quantitative estimate of drug-likeness (QED) is 0.761. The molecule has 138 valence electrons. The fourth-order valence-corrected chi connectivity index (χ4v) is 3.60. The van der Waals surface area contributed by atoms with Crippen molar-refractivity contribution in [3.63, 3.8) is 0 Å². The van der Waals surface area contributed by atoms with Gasteiger partial charge in [-0.05, 0) is 31.9 Å². The van der Waals surface area contributed by atoms with Gasteiger partial charge in [-0.25, -0.2) is 4.79 Å². The molecule has 0 unspecified atom stereocenters. The van der Waals surface area contributed by atoms with Gasteiger partial charge in [-0.3, -0.25) is 9.59 Å². The van der Waals surface area contributed by atoms with E-state index < -0.39 is 5.97 Å². The Bertz CT molecular complexity index is 825. The number of anilines is 1. The van der Waals surface area contributed by atoms with Crippen LogP contribution >= 0.6 is 11.3 Å². The minimum Gasteiger partial charge on any atom is -0.462 e. The van der Waals surface area contributed by atoms with Crippen LogP contribution in [0, 0.1) is 13.8 Å². The average Bonchev–Trinajstić information content (AvgIpc) is 2.92. The van der Waals surface area contributed by atoms with E-state index in [9.17, 15) is 14.4 Å². The molecule has 1 aromatic heterocycles. The Hall–Kier alpha value is -2.67. The van der Waals surface area contributed by atoms with Gasteiger partial charge in [0.05, 0.1) is 23.5 Å². The lowest BCUT2D eigenvalue weighted by atomic mass is 10.1. The zero-order valence-corrected chi connectivity index (χ0v) is 16.1.